The Morgan fingerprint density at radius 3 is 2.71 bits per heavy atom. The van der Waals surface area contributed by atoms with E-state index in [0.29, 0.717) is 12.2 Å². The minimum Gasteiger partial charge on any atom is -0.539 e. The molecule has 0 saturated heterocycles. The fraction of sp³-hybridized carbons (Fsp3) is 0.273. The predicted octanol–water partition coefficient (Wildman–Crippen LogP) is -0.247. The van der Waals surface area contributed by atoms with Gasteiger partial charge in [0, 0.05) is 12.1 Å². The Hall–Kier alpha value is -2.08. The van der Waals surface area contributed by atoms with Crippen LogP contribution in [0.4, 0.5) is 0 Å². The van der Waals surface area contributed by atoms with Crippen molar-refractivity contribution in [3.63, 3.8) is 0 Å². The van der Waals surface area contributed by atoms with Crippen LogP contribution in [0.1, 0.15) is 5.69 Å². The zero-order chi connectivity index (χ0) is 12.3. The average Bonchev–Trinajstić information content (AvgIpc) is 2.72. The molecule has 6 nitrogen and oxygen atoms in total. The third kappa shape index (κ3) is 2.21. The molecule has 17 heavy (non-hydrogen) atoms. The van der Waals surface area contributed by atoms with Crippen molar-refractivity contribution >= 4 is 0 Å². The molecule has 0 aliphatic rings. The molecular formula is C11H13N3O3. The van der Waals surface area contributed by atoms with Crippen molar-refractivity contribution in [2.75, 3.05) is 14.2 Å². The Kier molecular flexibility index (Phi) is 3.24. The topological polar surface area (TPSA) is 74.2 Å². The fourth-order valence-electron chi connectivity index (χ4n) is 1.51. The van der Waals surface area contributed by atoms with Gasteiger partial charge in [-0.1, -0.05) is 0 Å². The zero-order valence-electron chi connectivity index (χ0n) is 9.64. The van der Waals surface area contributed by atoms with Crippen molar-refractivity contribution in [1.29, 1.82) is 0 Å². The van der Waals surface area contributed by atoms with E-state index in [1.807, 2.05) is 0 Å². The van der Waals surface area contributed by atoms with E-state index < -0.39 is 5.95 Å². The molecule has 0 bridgehead atoms. The molecule has 0 spiro atoms. The van der Waals surface area contributed by atoms with Gasteiger partial charge in [0.1, 0.15) is 5.75 Å². The Morgan fingerprint density at radius 1 is 1.41 bits per heavy atom. The summed E-state index contributed by atoms with van der Waals surface area (Å²) in [6.45, 7) is 0.397. The largest absolute Gasteiger partial charge is 0.539 e. The average molecular weight is 235 g/mol. The molecule has 0 saturated carbocycles. The van der Waals surface area contributed by atoms with E-state index in [-0.39, 0.29) is 0 Å². The van der Waals surface area contributed by atoms with Crippen LogP contribution in [0.15, 0.2) is 28.8 Å². The van der Waals surface area contributed by atoms with Crippen molar-refractivity contribution in [3.05, 3.63) is 30.0 Å². The number of ether oxygens (including phenoxy) is 1. The first-order chi connectivity index (χ1) is 8.26. The van der Waals surface area contributed by atoms with Gasteiger partial charge in [0.05, 0.1) is 18.9 Å². The summed E-state index contributed by atoms with van der Waals surface area (Å²) in [5, 5.41) is 18.0. The summed E-state index contributed by atoms with van der Waals surface area (Å²) in [6, 6.07) is 7.20. The highest BCUT2D eigenvalue weighted by Crippen LogP contribution is 2.13. The summed E-state index contributed by atoms with van der Waals surface area (Å²) in [5.74, 6) is 0.311. The standard InChI is InChI=1S/C11H13N3O3/c1-12-7-10-11(15)17-13-14(10)8-3-5-9(16-2)6-4-8/h3-6,12H,7H2,1-2H3. The number of nitrogens with one attached hydrogen (secondary N) is 1. The Labute approximate surface area is 98.4 Å². The number of methoxy groups -OCH3 is 1. The highest BCUT2D eigenvalue weighted by molar-refractivity contribution is 5.31. The van der Waals surface area contributed by atoms with Gasteiger partial charge >= 0.3 is 0 Å². The molecule has 0 aliphatic carbocycles. The summed E-state index contributed by atoms with van der Waals surface area (Å²) in [7, 11) is 3.35. The molecule has 0 atom stereocenters. The highest BCUT2D eigenvalue weighted by atomic mass is 16.6. The quantitative estimate of drug-likeness (QED) is 0.740. The van der Waals surface area contributed by atoms with Gasteiger partial charge in [0.25, 0.3) is 5.69 Å². The van der Waals surface area contributed by atoms with Gasteiger partial charge < -0.3 is 19.7 Å². The van der Waals surface area contributed by atoms with E-state index in [2.05, 4.69) is 15.1 Å². The minimum atomic E-state index is -0.435. The molecule has 1 heterocycles. The van der Waals surface area contributed by atoms with Crippen molar-refractivity contribution < 1.29 is 19.0 Å². The van der Waals surface area contributed by atoms with E-state index in [4.69, 9.17) is 4.74 Å². The number of rotatable bonds is 4. The molecule has 2 aromatic rings. The van der Waals surface area contributed by atoms with Gasteiger partial charge in [-0.2, -0.15) is 0 Å². The lowest BCUT2D eigenvalue weighted by Gasteiger charge is -1.99. The van der Waals surface area contributed by atoms with Gasteiger partial charge in [0.15, 0.2) is 5.95 Å². The van der Waals surface area contributed by atoms with Gasteiger partial charge in [-0.25, -0.2) is 0 Å². The summed E-state index contributed by atoms with van der Waals surface area (Å²) >= 11 is 0. The fourth-order valence-corrected chi connectivity index (χ4v) is 1.51. The lowest BCUT2D eigenvalue weighted by molar-refractivity contribution is -0.677. The van der Waals surface area contributed by atoms with E-state index in [0.717, 1.165) is 11.4 Å². The monoisotopic (exact) mass is 235 g/mol. The maximum Gasteiger partial charge on any atom is 0.253 e. The third-order valence-corrected chi connectivity index (χ3v) is 2.36. The molecule has 90 valence electrons. The van der Waals surface area contributed by atoms with Crippen LogP contribution in [0.5, 0.6) is 11.7 Å². The van der Waals surface area contributed by atoms with Crippen molar-refractivity contribution in [2.24, 2.45) is 0 Å². The molecule has 0 fully saturated rings. The second-order valence-electron chi connectivity index (χ2n) is 3.45. The molecule has 0 radical (unpaired) electrons. The third-order valence-electron chi connectivity index (χ3n) is 2.36. The maximum atomic E-state index is 11.4. The van der Waals surface area contributed by atoms with Crippen LogP contribution < -0.4 is 19.8 Å². The first-order valence-electron chi connectivity index (χ1n) is 5.13. The minimum absolute atomic E-state index is 0.397. The van der Waals surface area contributed by atoms with Gasteiger partial charge in [-0.3, -0.25) is 0 Å². The molecular weight excluding hydrogens is 222 g/mol. The summed E-state index contributed by atoms with van der Waals surface area (Å²) in [6.07, 6.45) is 0. The second-order valence-corrected chi connectivity index (χ2v) is 3.45. The SMILES string of the molecule is CNCc1c([O-])on[n+]1-c1ccc(OC)cc1. The van der Waals surface area contributed by atoms with Crippen molar-refractivity contribution in [3.8, 4) is 17.4 Å². The van der Waals surface area contributed by atoms with Crippen LogP contribution in [-0.4, -0.2) is 19.4 Å². The van der Waals surface area contributed by atoms with Crippen LogP contribution in [0, 0.1) is 0 Å². The van der Waals surface area contributed by atoms with Crippen LogP contribution in [-0.2, 0) is 6.54 Å². The molecule has 1 aromatic heterocycles. The van der Waals surface area contributed by atoms with Crippen molar-refractivity contribution in [1.82, 2.24) is 10.6 Å². The second kappa shape index (κ2) is 4.84. The first kappa shape index (κ1) is 11.4. The molecule has 2 rings (SSSR count). The zero-order valence-corrected chi connectivity index (χ0v) is 9.64. The van der Waals surface area contributed by atoms with Crippen LogP contribution >= 0.6 is 0 Å². The number of benzene rings is 1. The smallest absolute Gasteiger partial charge is 0.253 e. The van der Waals surface area contributed by atoms with Crippen LogP contribution in [0.3, 0.4) is 0 Å². The summed E-state index contributed by atoms with van der Waals surface area (Å²) in [5.41, 5.74) is 1.21. The number of aromatic nitrogens is 2. The number of hydrogen-bond donors (Lipinski definition) is 1. The predicted molar refractivity (Wildman–Crippen MR) is 56.8 cm³/mol. The molecule has 1 aromatic carbocycles. The maximum absolute atomic E-state index is 11.4. The van der Waals surface area contributed by atoms with E-state index in [1.165, 1.54) is 4.68 Å². The first-order valence-corrected chi connectivity index (χ1v) is 5.13. The van der Waals surface area contributed by atoms with E-state index in [1.54, 1.807) is 38.4 Å². The van der Waals surface area contributed by atoms with Crippen molar-refractivity contribution in [2.45, 2.75) is 6.54 Å². The summed E-state index contributed by atoms with van der Waals surface area (Å²) in [4.78, 5) is 0. The Balaban J connectivity index is 2.38. The lowest BCUT2D eigenvalue weighted by Crippen LogP contribution is -2.38. The normalized spacial score (nSPS) is 10.5. The van der Waals surface area contributed by atoms with Crippen LogP contribution in [0.2, 0.25) is 0 Å². The Morgan fingerprint density at radius 2 is 2.12 bits per heavy atom. The molecule has 0 aliphatic heterocycles. The molecule has 6 heteroatoms. The van der Waals surface area contributed by atoms with E-state index >= 15 is 0 Å². The van der Waals surface area contributed by atoms with Gasteiger partial charge in [0.2, 0.25) is 5.69 Å². The number of nitrogens with zero attached hydrogens (tertiary/aromatic N) is 2. The number of hydrogen-bond acceptors (Lipinski definition) is 5. The van der Waals surface area contributed by atoms with Crippen LogP contribution in [0.25, 0.3) is 5.69 Å². The highest BCUT2D eigenvalue weighted by Gasteiger charge is 2.19. The Bertz CT molecular complexity index is 493. The van der Waals surface area contributed by atoms with Gasteiger partial charge in [-0.15, -0.1) is 0 Å². The van der Waals surface area contributed by atoms with E-state index in [9.17, 15) is 5.11 Å². The molecule has 0 amide bonds. The molecule has 1 N–H and O–H groups in total. The molecule has 0 unspecified atom stereocenters. The summed E-state index contributed by atoms with van der Waals surface area (Å²) < 4.78 is 11.2. The lowest BCUT2D eigenvalue weighted by atomic mass is 10.3. The van der Waals surface area contributed by atoms with Gasteiger partial charge in [-0.05, 0) is 23.9 Å².